The lowest BCUT2D eigenvalue weighted by molar-refractivity contribution is 0.0887. The Labute approximate surface area is 148 Å². The maximum atomic E-state index is 2.76. The van der Waals surface area contributed by atoms with Crippen LogP contribution in [0.1, 0.15) is 36.8 Å². The quantitative estimate of drug-likeness (QED) is 0.822. The number of likely N-dealkylation sites (tertiary alicyclic amines) is 1. The van der Waals surface area contributed by atoms with Crippen molar-refractivity contribution in [2.24, 2.45) is 0 Å². The van der Waals surface area contributed by atoms with Crippen LogP contribution in [0.2, 0.25) is 0 Å². The number of piperazine rings is 1. The maximum Gasteiger partial charge on any atom is 0.0224 e. The van der Waals surface area contributed by atoms with Gasteiger partial charge in [-0.3, -0.25) is 4.90 Å². The predicted octanol–water partition coefficient (Wildman–Crippen LogP) is 3.03. The van der Waals surface area contributed by atoms with Crippen LogP contribution in [-0.2, 0) is 6.42 Å². The number of benzene rings is 1. The molecular weight excluding hydrogens is 294 g/mol. The summed E-state index contributed by atoms with van der Waals surface area (Å²) in [7, 11) is 2.25. The zero-order valence-electron chi connectivity index (χ0n) is 15.7. The Morgan fingerprint density at radius 1 is 1.00 bits per heavy atom. The van der Waals surface area contributed by atoms with E-state index in [1.54, 1.807) is 0 Å². The normalized spacial score (nSPS) is 24.8. The van der Waals surface area contributed by atoms with Gasteiger partial charge in [-0.15, -0.1) is 0 Å². The van der Waals surface area contributed by atoms with Gasteiger partial charge in [-0.1, -0.05) is 30.7 Å². The lowest BCUT2D eigenvalue weighted by Crippen LogP contribution is -2.51. The summed E-state index contributed by atoms with van der Waals surface area (Å²) in [6, 6.07) is 9.65. The van der Waals surface area contributed by atoms with Crippen LogP contribution in [0, 0.1) is 6.92 Å². The molecule has 1 atom stereocenters. The summed E-state index contributed by atoms with van der Waals surface area (Å²) < 4.78 is 0. The largest absolute Gasteiger partial charge is 0.304 e. The molecule has 0 aromatic heterocycles. The fraction of sp³-hybridized carbons (Fsp3) is 0.714. The number of hydrogen-bond donors (Lipinski definition) is 0. The minimum atomic E-state index is 0.791. The van der Waals surface area contributed by atoms with Crippen LogP contribution in [0.15, 0.2) is 24.3 Å². The average molecular weight is 330 g/mol. The molecule has 2 aliphatic rings. The van der Waals surface area contributed by atoms with Crippen molar-refractivity contribution in [2.75, 3.05) is 52.9 Å². The Hall–Kier alpha value is -0.900. The van der Waals surface area contributed by atoms with E-state index in [0.717, 1.165) is 6.04 Å². The van der Waals surface area contributed by atoms with Gasteiger partial charge in [-0.2, -0.15) is 0 Å². The summed E-state index contributed by atoms with van der Waals surface area (Å²) in [5, 5.41) is 0. The molecular formula is C21H35N3. The van der Waals surface area contributed by atoms with Crippen molar-refractivity contribution in [3.8, 4) is 0 Å². The molecule has 134 valence electrons. The van der Waals surface area contributed by atoms with E-state index in [2.05, 4.69) is 52.9 Å². The molecule has 2 saturated heterocycles. The molecule has 3 heteroatoms. The summed E-state index contributed by atoms with van der Waals surface area (Å²) in [6.07, 6.45) is 6.71. The third kappa shape index (κ3) is 5.05. The minimum absolute atomic E-state index is 0.791. The van der Waals surface area contributed by atoms with E-state index < -0.39 is 0 Å². The second kappa shape index (κ2) is 8.98. The number of nitrogens with zero attached hydrogens (tertiary/aromatic N) is 3. The zero-order valence-corrected chi connectivity index (χ0v) is 15.7. The lowest BCUT2D eigenvalue weighted by Gasteiger charge is -2.39. The zero-order chi connectivity index (χ0) is 16.8. The van der Waals surface area contributed by atoms with Gasteiger partial charge in [-0.25, -0.2) is 0 Å². The summed E-state index contributed by atoms with van der Waals surface area (Å²) in [5.41, 5.74) is 2.98. The molecule has 2 aliphatic heterocycles. The van der Waals surface area contributed by atoms with Crippen molar-refractivity contribution < 1.29 is 0 Å². The Bertz CT molecular complexity index is 494. The third-order valence-electron chi connectivity index (χ3n) is 5.97. The van der Waals surface area contributed by atoms with Gasteiger partial charge in [0, 0.05) is 38.8 Å². The Kier molecular flexibility index (Phi) is 6.70. The maximum absolute atomic E-state index is 2.76. The van der Waals surface area contributed by atoms with Gasteiger partial charge in [0.05, 0.1) is 0 Å². The van der Waals surface area contributed by atoms with Crippen LogP contribution < -0.4 is 0 Å². The van der Waals surface area contributed by atoms with Gasteiger partial charge in [0.1, 0.15) is 0 Å². The number of aryl methyl sites for hydroxylation is 2. The van der Waals surface area contributed by atoms with E-state index in [1.165, 1.54) is 89.0 Å². The summed E-state index contributed by atoms with van der Waals surface area (Å²) >= 11 is 0. The van der Waals surface area contributed by atoms with E-state index in [1.807, 2.05) is 0 Å². The summed E-state index contributed by atoms with van der Waals surface area (Å²) in [5.74, 6) is 0. The van der Waals surface area contributed by atoms with Crippen LogP contribution in [0.25, 0.3) is 0 Å². The predicted molar refractivity (Wildman–Crippen MR) is 103 cm³/mol. The van der Waals surface area contributed by atoms with Crippen molar-refractivity contribution in [3.05, 3.63) is 35.4 Å². The molecule has 2 heterocycles. The number of likely N-dealkylation sites (N-methyl/N-ethyl adjacent to an activating group) is 1. The summed E-state index contributed by atoms with van der Waals surface area (Å²) in [6.45, 7) is 11.1. The monoisotopic (exact) mass is 329 g/mol. The van der Waals surface area contributed by atoms with E-state index in [-0.39, 0.29) is 0 Å². The highest BCUT2D eigenvalue weighted by Crippen LogP contribution is 2.18. The van der Waals surface area contributed by atoms with Crippen LogP contribution >= 0.6 is 0 Å². The van der Waals surface area contributed by atoms with Gasteiger partial charge >= 0.3 is 0 Å². The fourth-order valence-electron chi connectivity index (χ4n) is 4.27. The molecule has 1 aromatic carbocycles. The highest BCUT2D eigenvalue weighted by molar-refractivity contribution is 5.25. The molecule has 0 N–H and O–H groups in total. The Balaban J connectivity index is 1.47. The highest BCUT2D eigenvalue weighted by atomic mass is 15.3. The van der Waals surface area contributed by atoms with Gasteiger partial charge in [0.25, 0.3) is 0 Å². The van der Waals surface area contributed by atoms with Crippen molar-refractivity contribution in [3.63, 3.8) is 0 Å². The molecule has 1 aromatic rings. The SMILES string of the molecule is Cc1ccccc1CCCN1CCCCC(N2CCN(C)CC2)C1. The molecule has 2 fully saturated rings. The standard InChI is InChI=1S/C21H35N3/c1-19-8-3-4-9-20(19)10-7-13-23-12-6-5-11-21(18-23)24-16-14-22(2)15-17-24/h3-4,8-9,21H,5-7,10-18H2,1-2H3. The van der Waals surface area contributed by atoms with Gasteiger partial charge < -0.3 is 9.80 Å². The van der Waals surface area contributed by atoms with E-state index in [4.69, 9.17) is 0 Å². The second-order valence-corrected chi connectivity index (χ2v) is 7.82. The molecule has 0 saturated carbocycles. The van der Waals surface area contributed by atoms with Gasteiger partial charge in [0.2, 0.25) is 0 Å². The average Bonchev–Trinajstić information content (AvgIpc) is 2.83. The minimum Gasteiger partial charge on any atom is -0.304 e. The first-order chi connectivity index (χ1) is 11.7. The molecule has 0 aliphatic carbocycles. The van der Waals surface area contributed by atoms with Crippen molar-refractivity contribution in [2.45, 2.75) is 45.1 Å². The van der Waals surface area contributed by atoms with Crippen LogP contribution in [0.5, 0.6) is 0 Å². The molecule has 3 rings (SSSR count). The molecule has 0 radical (unpaired) electrons. The Morgan fingerprint density at radius 3 is 2.58 bits per heavy atom. The summed E-state index contributed by atoms with van der Waals surface area (Å²) in [4.78, 5) is 7.97. The lowest BCUT2D eigenvalue weighted by atomic mass is 10.0. The molecule has 0 amide bonds. The highest BCUT2D eigenvalue weighted by Gasteiger charge is 2.25. The smallest absolute Gasteiger partial charge is 0.0224 e. The molecule has 0 spiro atoms. The topological polar surface area (TPSA) is 9.72 Å². The van der Waals surface area contributed by atoms with Crippen LogP contribution in [0.3, 0.4) is 0 Å². The second-order valence-electron chi connectivity index (χ2n) is 7.82. The first-order valence-corrected chi connectivity index (χ1v) is 9.92. The molecule has 3 nitrogen and oxygen atoms in total. The first-order valence-electron chi connectivity index (χ1n) is 9.92. The van der Waals surface area contributed by atoms with Crippen molar-refractivity contribution in [1.82, 2.24) is 14.7 Å². The first kappa shape index (κ1) is 17.9. The van der Waals surface area contributed by atoms with Crippen LogP contribution in [0.4, 0.5) is 0 Å². The number of hydrogen-bond acceptors (Lipinski definition) is 3. The Morgan fingerprint density at radius 2 is 1.79 bits per heavy atom. The molecule has 1 unspecified atom stereocenters. The van der Waals surface area contributed by atoms with E-state index in [9.17, 15) is 0 Å². The fourth-order valence-corrected chi connectivity index (χ4v) is 4.27. The van der Waals surface area contributed by atoms with Crippen molar-refractivity contribution in [1.29, 1.82) is 0 Å². The third-order valence-corrected chi connectivity index (χ3v) is 5.97. The van der Waals surface area contributed by atoms with Gasteiger partial charge in [0.15, 0.2) is 0 Å². The van der Waals surface area contributed by atoms with Crippen LogP contribution in [-0.4, -0.2) is 73.6 Å². The molecule has 24 heavy (non-hydrogen) atoms. The van der Waals surface area contributed by atoms with E-state index in [0.29, 0.717) is 0 Å². The van der Waals surface area contributed by atoms with E-state index >= 15 is 0 Å². The van der Waals surface area contributed by atoms with Gasteiger partial charge in [-0.05, 0) is 63.9 Å². The number of rotatable bonds is 5. The molecule has 0 bridgehead atoms. The van der Waals surface area contributed by atoms with Crippen molar-refractivity contribution >= 4 is 0 Å².